The topological polar surface area (TPSA) is 20.2 Å². The molecule has 0 fully saturated rings. The summed E-state index contributed by atoms with van der Waals surface area (Å²) in [6, 6.07) is 0. The number of hydrogen-bond donors (Lipinski definition) is 1. The highest BCUT2D eigenvalue weighted by Crippen LogP contribution is 2.09. The molecule has 9 heavy (non-hydrogen) atoms. The minimum absolute atomic E-state index is 0.590. The van der Waals surface area contributed by atoms with Crippen LogP contribution >= 0.6 is 0 Å². The van der Waals surface area contributed by atoms with Crippen LogP contribution in [0.15, 0.2) is 12.7 Å². The van der Waals surface area contributed by atoms with Gasteiger partial charge in [0.15, 0.2) is 0 Å². The SMILES string of the molecule is C#C[C@](C)(O)CCC=C. The van der Waals surface area contributed by atoms with Crippen LogP contribution in [0, 0.1) is 12.3 Å². The number of hydrogen-bond acceptors (Lipinski definition) is 1. The van der Waals surface area contributed by atoms with Gasteiger partial charge in [0.1, 0.15) is 5.60 Å². The molecule has 0 aromatic heterocycles. The Balaban J connectivity index is 3.61. The Morgan fingerprint density at radius 1 is 1.89 bits per heavy atom. The van der Waals surface area contributed by atoms with Crippen molar-refractivity contribution >= 4 is 0 Å². The smallest absolute Gasteiger partial charge is 0.122 e. The van der Waals surface area contributed by atoms with Gasteiger partial charge in [-0.2, -0.15) is 0 Å². The van der Waals surface area contributed by atoms with Gasteiger partial charge in [-0.25, -0.2) is 0 Å². The normalized spacial score (nSPS) is 15.7. The maximum absolute atomic E-state index is 9.17. The number of allylic oxidation sites excluding steroid dienone is 1. The first-order chi connectivity index (χ1) is 4.12. The zero-order valence-electron chi connectivity index (χ0n) is 5.72. The van der Waals surface area contributed by atoms with Crippen molar-refractivity contribution < 1.29 is 5.11 Å². The molecule has 0 radical (unpaired) electrons. The van der Waals surface area contributed by atoms with Gasteiger partial charge in [-0.15, -0.1) is 13.0 Å². The Kier molecular flexibility index (Phi) is 3.05. The highest BCUT2D eigenvalue weighted by Gasteiger charge is 2.13. The molecule has 0 aliphatic rings. The third-order valence-electron chi connectivity index (χ3n) is 1.15. The lowest BCUT2D eigenvalue weighted by molar-refractivity contribution is 0.114. The molecular formula is C8H12O. The molecule has 50 valence electrons. The van der Waals surface area contributed by atoms with E-state index in [9.17, 15) is 5.11 Å². The predicted molar refractivity (Wildman–Crippen MR) is 38.9 cm³/mol. The molecule has 1 heteroatoms. The van der Waals surface area contributed by atoms with E-state index in [1.807, 2.05) is 0 Å². The third kappa shape index (κ3) is 3.81. The lowest BCUT2D eigenvalue weighted by atomic mass is 10.0. The molecule has 1 N–H and O–H groups in total. The fourth-order valence-corrected chi connectivity index (χ4v) is 0.455. The summed E-state index contributed by atoms with van der Waals surface area (Å²) < 4.78 is 0. The number of terminal acetylenes is 1. The maximum atomic E-state index is 9.17. The van der Waals surface area contributed by atoms with Gasteiger partial charge in [-0.1, -0.05) is 12.0 Å². The highest BCUT2D eigenvalue weighted by molar-refractivity contribution is 5.04. The van der Waals surface area contributed by atoms with Crippen molar-refractivity contribution in [2.24, 2.45) is 0 Å². The van der Waals surface area contributed by atoms with Crippen molar-refractivity contribution in [2.45, 2.75) is 25.4 Å². The quantitative estimate of drug-likeness (QED) is 0.444. The van der Waals surface area contributed by atoms with Crippen LogP contribution in [0.3, 0.4) is 0 Å². The largest absolute Gasteiger partial charge is 0.378 e. The second kappa shape index (κ2) is 3.32. The Bertz CT molecular complexity index is 128. The maximum Gasteiger partial charge on any atom is 0.122 e. The van der Waals surface area contributed by atoms with Gasteiger partial charge < -0.3 is 5.11 Å². The van der Waals surface area contributed by atoms with Gasteiger partial charge in [0.25, 0.3) is 0 Å². The monoisotopic (exact) mass is 124 g/mol. The number of rotatable bonds is 3. The van der Waals surface area contributed by atoms with E-state index in [0.717, 1.165) is 6.42 Å². The summed E-state index contributed by atoms with van der Waals surface area (Å²) in [7, 11) is 0. The van der Waals surface area contributed by atoms with Crippen LogP contribution in [0.25, 0.3) is 0 Å². The lowest BCUT2D eigenvalue weighted by Crippen LogP contribution is -2.20. The first-order valence-electron chi connectivity index (χ1n) is 2.93. The zero-order valence-corrected chi connectivity index (χ0v) is 5.72. The van der Waals surface area contributed by atoms with Crippen LogP contribution in [0.2, 0.25) is 0 Å². The molecular weight excluding hydrogens is 112 g/mol. The van der Waals surface area contributed by atoms with Crippen LogP contribution in [-0.4, -0.2) is 10.7 Å². The van der Waals surface area contributed by atoms with Crippen molar-refractivity contribution in [2.75, 3.05) is 0 Å². The summed E-state index contributed by atoms with van der Waals surface area (Å²) in [4.78, 5) is 0. The molecule has 1 nitrogen and oxygen atoms in total. The standard InChI is InChI=1S/C8H12O/c1-4-6-7-8(3,9)5-2/h2,4,9H,1,6-7H2,3H3/t8-/m0/s1. The molecule has 0 heterocycles. The van der Waals surface area contributed by atoms with Gasteiger partial charge in [-0.3, -0.25) is 0 Å². The lowest BCUT2D eigenvalue weighted by Gasteiger charge is -2.13. The van der Waals surface area contributed by atoms with Crippen molar-refractivity contribution in [1.29, 1.82) is 0 Å². The fourth-order valence-electron chi connectivity index (χ4n) is 0.455. The van der Waals surface area contributed by atoms with E-state index >= 15 is 0 Å². The molecule has 0 aliphatic carbocycles. The highest BCUT2D eigenvalue weighted by atomic mass is 16.3. The third-order valence-corrected chi connectivity index (χ3v) is 1.15. The van der Waals surface area contributed by atoms with Crippen molar-refractivity contribution in [3.63, 3.8) is 0 Å². The summed E-state index contributed by atoms with van der Waals surface area (Å²) in [6.45, 7) is 5.14. The van der Waals surface area contributed by atoms with E-state index in [-0.39, 0.29) is 0 Å². The Morgan fingerprint density at radius 2 is 2.44 bits per heavy atom. The van der Waals surface area contributed by atoms with E-state index in [1.165, 1.54) is 0 Å². The van der Waals surface area contributed by atoms with Gasteiger partial charge in [0.2, 0.25) is 0 Å². The van der Waals surface area contributed by atoms with Crippen molar-refractivity contribution in [3.05, 3.63) is 12.7 Å². The molecule has 0 unspecified atom stereocenters. The van der Waals surface area contributed by atoms with Crippen LogP contribution in [-0.2, 0) is 0 Å². The zero-order chi connectivity index (χ0) is 7.33. The molecule has 1 atom stereocenters. The van der Waals surface area contributed by atoms with Crippen LogP contribution in [0.5, 0.6) is 0 Å². The molecule has 0 saturated carbocycles. The Labute approximate surface area is 56.4 Å². The van der Waals surface area contributed by atoms with E-state index in [0.29, 0.717) is 6.42 Å². The van der Waals surface area contributed by atoms with Gasteiger partial charge in [0, 0.05) is 0 Å². The van der Waals surface area contributed by atoms with Crippen molar-refractivity contribution in [1.82, 2.24) is 0 Å². The summed E-state index contributed by atoms with van der Waals surface area (Å²) in [5.41, 5.74) is -0.950. The molecule has 0 bridgehead atoms. The van der Waals surface area contributed by atoms with Gasteiger partial charge in [-0.05, 0) is 19.8 Å². The first-order valence-corrected chi connectivity index (χ1v) is 2.93. The van der Waals surface area contributed by atoms with E-state index in [4.69, 9.17) is 6.42 Å². The summed E-state index contributed by atoms with van der Waals surface area (Å²) >= 11 is 0. The average Bonchev–Trinajstić information content (AvgIpc) is 1.84. The van der Waals surface area contributed by atoms with Crippen molar-refractivity contribution in [3.8, 4) is 12.3 Å². The Morgan fingerprint density at radius 3 is 2.78 bits per heavy atom. The molecule has 0 aromatic carbocycles. The molecule has 0 aromatic rings. The van der Waals surface area contributed by atoms with E-state index in [2.05, 4.69) is 12.5 Å². The second-order valence-electron chi connectivity index (χ2n) is 2.25. The minimum Gasteiger partial charge on any atom is -0.378 e. The first kappa shape index (κ1) is 8.26. The van der Waals surface area contributed by atoms with E-state index in [1.54, 1.807) is 13.0 Å². The minimum atomic E-state index is -0.950. The summed E-state index contributed by atoms with van der Waals surface area (Å²) in [5.74, 6) is 2.28. The predicted octanol–water partition coefficient (Wildman–Crippen LogP) is 1.34. The second-order valence-corrected chi connectivity index (χ2v) is 2.25. The Hall–Kier alpha value is -0.740. The summed E-state index contributed by atoms with van der Waals surface area (Å²) in [6.07, 6.45) is 8.11. The molecule has 0 spiro atoms. The van der Waals surface area contributed by atoms with Gasteiger partial charge >= 0.3 is 0 Å². The van der Waals surface area contributed by atoms with E-state index < -0.39 is 5.60 Å². The van der Waals surface area contributed by atoms with Gasteiger partial charge in [0.05, 0.1) is 0 Å². The van der Waals surface area contributed by atoms with Crippen LogP contribution < -0.4 is 0 Å². The van der Waals surface area contributed by atoms with Crippen LogP contribution in [0.1, 0.15) is 19.8 Å². The molecule has 0 amide bonds. The van der Waals surface area contributed by atoms with Crippen LogP contribution in [0.4, 0.5) is 0 Å². The fraction of sp³-hybridized carbons (Fsp3) is 0.500. The summed E-state index contributed by atoms with van der Waals surface area (Å²) in [5, 5.41) is 9.17. The molecule has 0 saturated heterocycles. The average molecular weight is 124 g/mol. The molecule has 0 aliphatic heterocycles. The number of aliphatic hydroxyl groups is 1. The molecule has 0 rings (SSSR count).